The van der Waals surface area contributed by atoms with E-state index in [1.54, 1.807) is 6.08 Å². The first-order valence-electron chi connectivity index (χ1n) is 12.3. The minimum atomic E-state index is -0.0129. The highest BCUT2D eigenvalue weighted by Crippen LogP contribution is 2.42. The Bertz CT molecular complexity index is 1550. The highest BCUT2D eigenvalue weighted by molar-refractivity contribution is 7.21. The van der Waals surface area contributed by atoms with Gasteiger partial charge in [-0.3, -0.25) is 14.7 Å². The lowest BCUT2D eigenvalue weighted by atomic mass is 9.78. The van der Waals surface area contributed by atoms with Gasteiger partial charge in [0.25, 0.3) is 5.91 Å². The largest absolute Gasteiger partial charge is 0.381 e. The maximum absolute atomic E-state index is 12.8. The van der Waals surface area contributed by atoms with Crippen molar-refractivity contribution >= 4 is 50.0 Å². The summed E-state index contributed by atoms with van der Waals surface area (Å²) in [4.78, 5) is 25.6. The lowest BCUT2D eigenvalue weighted by Gasteiger charge is -2.55. The molecule has 8 heteroatoms. The predicted molar refractivity (Wildman–Crippen MR) is 144 cm³/mol. The molecule has 2 N–H and O–H groups in total. The van der Waals surface area contributed by atoms with Crippen LogP contribution in [0.25, 0.3) is 38.3 Å². The minimum absolute atomic E-state index is 0.0129. The van der Waals surface area contributed by atoms with Gasteiger partial charge in [-0.2, -0.15) is 0 Å². The molecule has 3 aliphatic rings. The van der Waals surface area contributed by atoms with Gasteiger partial charge < -0.3 is 15.4 Å². The summed E-state index contributed by atoms with van der Waals surface area (Å²) in [5.74, 6) is -0.0129. The van der Waals surface area contributed by atoms with Crippen LogP contribution in [0.3, 0.4) is 0 Å². The molecule has 1 spiro atoms. The number of thiophene rings is 1. The summed E-state index contributed by atoms with van der Waals surface area (Å²) in [6.45, 7) is 11.4. The number of nitrogens with one attached hydrogen (secondary N) is 2. The Hall–Kier alpha value is -3.33. The van der Waals surface area contributed by atoms with Crippen LogP contribution in [0.2, 0.25) is 0 Å². The summed E-state index contributed by atoms with van der Waals surface area (Å²) in [6, 6.07) is 10.5. The van der Waals surface area contributed by atoms with E-state index in [0.29, 0.717) is 12.0 Å². The van der Waals surface area contributed by atoms with Crippen LogP contribution in [0.1, 0.15) is 27.9 Å². The molecule has 1 aromatic carbocycles. The van der Waals surface area contributed by atoms with Crippen molar-refractivity contribution < 1.29 is 9.53 Å². The second-order valence-corrected chi connectivity index (χ2v) is 11.4. The maximum Gasteiger partial charge on any atom is 0.263 e. The van der Waals surface area contributed by atoms with Gasteiger partial charge in [-0.25, -0.2) is 4.98 Å². The summed E-state index contributed by atoms with van der Waals surface area (Å²) in [5.41, 5.74) is 6.22. The van der Waals surface area contributed by atoms with E-state index >= 15 is 0 Å². The van der Waals surface area contributed by atoms with Gasteiger partial charge in [-0.1, -0.05) is 6.58 Å². The molecule has 1 atom stereocenters. The Balaban J connectivity index is 1.30. The van der Waals surface area contributed by atoms with Gasteiger partial charge in [0.2, 0.25) is 0 Å². The smallest absolute Gasteiger partial charge is 0.263 e. The quantitative estimate of drug-likeness (QED) is 0.431. The number of carbonyl (C=O) groups is 1. The molecule has 7 rings (SSSR count). The van der Waals surface area contributed by atoms with E-state index in [1.807, 2.05) is 13.1 Å². The molecule has 1 amide bonds. The standard InChI is InChI=1S/C28H27N5O2S/c1-3-18-8-20(17(10-29-18)11-33-12-28(13-33)14-35-15-28)22-5-4-19-21(32-22)6-7-23-24(19)25-26(36-23)27(34)31-16(2)9-30-25/h3-8,10,16,30H,1,9,11-15H2,2H3,(H,31,34)/t16-/m1/s1. The monoisotopic (exact) mass is 497 g/mol. The van der Waals surface area contributed by atoms with Crippen molar-refractivity contribution in [2.24, 2.45) is 5.41 Å². The average molecular weight is 498 g/mol. The van der Waals surface area contributed by atoms with Gasteiger partial charge in [0, 0.05) is 64.9 Å². The van der Waals surface area contributed by atoms with E-state index in [4.69, 9.17) is 9.72 Å². The number of amides is 1. The number of fused-ring (bicyclic) bond motifs is 5. The first-order chi connectivity index (χ1) is 17.5. The van der Waals surface area contributed by atoms with Crippen molar-refractivity contribution in [2.75, 3.05) is 38.2 Å². The highest BCUT2D eigenvalue weighted by atomic mass is 32.1. The van der Waals surface area contributed by atoms with Crippen molar-refractivity contribution in [3.8, 4) is 11.3 Å². The first kappa shape index (κ1) is 21.9. The van der Waals surface area contributed by atoms with E-state index in [-0.39, 0.29) is 11.9 Å². The molecule has 2 fully saturated rings. The fourth-order valence-corrected chi connectivity index (χ4v) is 6.78. The second-order valence-electron chi connectivity index (χ2n) is 10.4. The molecule has 6 heterocycles. The minimum Gasteiger partial charge on any atom is -0.381 e. The SMILES string of the molecule is C=Cc1cc(-c2ccc3c(ccc4sc5c(c43)NC[C@@H](C)NC5=O)n2)c(CN2CC3(COC3)C2)cn1. The van der Waals surface area contributed by atoms with Gasteiger partial charge in [0.15, 0.2) is 0 Å². The van der Waals surface area contributed by atoms with E-state index in [0.717, 1.165) is 81.4 Å². The van der Waals surface area contributed by atoms with Crippen molar-refractivity contribution in [3.05, 3.63) is 59.2 Å². The molecule has 182 valence electrons. The van der Waals surface area contributed by atoms with Crippen molar-refractivity contribution in [2.45, 2.75) is 19.5 Å². The third-order valence-corrected chi connectivity index (χ3v) is 8.67. The molecule has 3 aromatic heterocycles. The zero-order valence-electron chi connectivity index (χ0n) is 20.1. The molecular formula is C28H27N5O2S. The Kier molecular flexibility index (Phi) is 4.93. The van der Waals surface area contributed by atoms with E-state index in [2.05, 4.69) is 57.4 Å². The van der Waals surface area contributed by atoms with E-state index < -0.39 is 0 Å². The molecule has 0 saturated carbocycles. The number of rotatable bonds is 4. The summed E-state index contributed by atoms with van der Waals surface area (Å²) in [5, 5.41) is 8.70. The molecule has 7 nitrogen and oxygen atoms in total. The van der Waals surface area contributed by atoms with Gasteiger partial charge in [-0.05, 0) is 48.9 Å². The molecule has 3 aliphatic heterocycles. The van der Waals surface area contributed by atoms with Gasteiger partial charge >= 0.3 is 0 Å². The fourth-order valence-electron chi connectivity index (χ4n) is 5.68. The van der Waals surface area contributed by atoms with Crippen molar-refractivity contribution in [3.63, 3.8) is 0 Å². The van der Waals surface area contributed by atoms with Crippen LogP contribution < -0.4 is 10.6 Å². The summed E-state index contributed by atoms with van der Waals surface area (Å²) < 4.78 is 6.52. The number of benzene rings is 1. The summed E-state index contributed by atoms with van der Waals surface area (Å²) >= 11 is 1.53. The zero-order valence-corrected chi connectivity index (χ0v) is 21.0. The number of hydrogen-bond donors (Lipinski definition) is 2. The molecule has 4 aromatic rings. The van der Waals surface area contributed by atoms with Crippen LogP contribution in [0, 0.1) is 5.41 Å². The lowest BCUT2D eigenvalue weighted by molar-refractivity contribution is -0.191. The van der Waals surface area contributed by atoms with Crippen LogP contribution >= 0.6 is 11.3 Å². The molecule has 0 radical (unpaired) electrons. The van der Waals surface area contributed by atoms with Gasteiger partial charge in [-0.15, -0.1) is 11.3 Å². The molecule has 0 unspecified atom stereocenters. The summed E-state index contributed by atoms with van der Waals surface area (Å²) in [7, 11) is 0. The highest BCUT2D eigenvalue weighted by Gasteiger charge is 2.48. The number of ether oxygens (including phenoxy) is 1. The zero-order chi connectivity index (χ0) is 24.4. The van der Waals surface area contributed by atoms with Crippen LogP contribution in [0.5, 0.6) is 0 Å². The molecule has 0 aliphatic carbocycles. The third-order valence-electron chi connectivity index (χ3n) is 7.51. The predicted octanol–water partition coefficient (Wildman–Crippen LogP) is 4.53. The Morgan fingerprint density at radius 2 is 2.14 bits per heavy atom. The Morgan fingerprint density at radius 1 is 1.28 bits per heavy atom. The number of nitrogens with zero attached hydrogens (tertiary/aromatic N) is 3. The normalized spacial score (nSPS) is 20.8. The van der Waals surface area contributed by atoms with E-state index in [1.165, 1.54) is 16.9 Å². The number of likely N-dealkylation sites (tertiary alicyclic amines) is 1. The third kappa shape index (κ3) is 3.43. The molecule has 2 saturated heterocycles. The van der Waals surface area contributed by atoms with Crippen molar-refractivity contribution in [1.29, 1.82) is 0 Å². The lowest BCUT2D eigenvalue weighted by Crippen LogP contribution is -2.65. The number of aromatic nitrogens is 2. The molecular weight excluding hydrogens is 470 g/mol. The molecule has 36 heavy (non-hydrogen) atoms. The van der Waals surface area contributed by atoms with Crippen LogP contribution in [-0.4, -0.2) is 59.7 Å². The second kappa shape index (κ2) is 8.09. The summed E-state index contributed by atoms with van der Waals surface area (Å²) in [6.07, 6.45) is 3.74. The van der Waals surface area contributed by atoms with Crippen molar-refractivity contribution in [1.82, 2.24) is 20.2 Å². The van der Waals surface area contributed by atoms with Crippen LogP contribution in [-0.2, 0) is 11.3 Å². The van der Waals surface area contributed by atoms with Gasteiger partial charge in [0.05, 0.1) is 35.8 Å². The maximum atomic E-state index is 12.8. The number of anilines is 1. The Morgan fingerprint density at radius 3 is 2.92 bits per heavy atom. The number of carbonyl (C=O) groups excluding carboxylic acids is 1. The Labute approximate surface area is 213 Å². The number of hydrogen-bond acceptors (Lipinski definition) is 7. The first-order valence-corrected chi connectivity index (χ1v) is 13.2. The fraction of sp³-hybridized carbons (Fsp3) is 0.321. The van der Waals surface area contributed by atoms with Crippen LogP contribution in [0.4, 0.5) is 5.69 Å². The van der Waals surface area contributed by atoms with Crippen LogP contribution in [0.15, 0.2) is 43.1 Å². The molecule has 0 bridgehead atoms. The topological polar surface area (TPSA) is 79.4 Å². The van der Waals surface area contributed by atoms with E-state index in [9.17, 15) is 4.79 Å². The number of pyridine rings is 2. The van der Waals surface area contributed by atoms with Gasteiger partial charge in [0.1, 0.15) is 4.88 Å². The average Bonchev–Trinajstić information content (AvgIpc) is 3.16.